The molecular weight excluding hydrogens is 220 g/mol. The number of thiophene rings is 1. The van der Waals surface area contributed by atoms with E-state index in [1.54, 1.807) is 11.3 Å². The highest BCUT2D eigenvalue weighted by molar-refractivity contribution is 7.10. The molecule has 0 unspecified atom stereocenters. The first-order valence-electron chi connectivity index (χ1n) is 5.84. The van der Waals surface area contributed by atoms with Crippen LogP contribution < -0.4 is 0 Å². The molecule has 0 spiro atoms. The number of hydrogen-bond donors (Lipinski definition) is 1. The number of rotatable bonds is 2. The molecule has 1 aliphatic carbocycles. The van der Waals surface area contributed by atoms with Crippen LogP contribution in [-0.4, -0.2) is 16.5 Å². The predicted molar refractivity (Wildman–Crippen MR) is 66.0 cm³/mol. The van der Waals surface area contributed by atoms with Crippen LogP contribution in [0.2, 0.25) is 0 Å². The van der Waals surface area contributed by atoms with Gasteiger partial charge in [-0.25, -0.2) is 0 Å². The van der Waals surface area contributed by atoms with E-state index in [4.69, 9.17) is 0 Å². The van der Waals surface area contributed by atoms with Crippen molar-refractivity contribution in [1.82, 2.24) is 0 Å². The molecule has 1 aliphatic rings. The van der Waals surface area contributed by atoms with Gasteiger partial charge in [-0.2, -0.15) is 0 Å². The van der Waals surface area contributed by atoms with Crippen molar-refractivity contribution in [3.05, 3.63) is 21.9 Å². The first-order valence-corrected chi connectivity index (χ1v) is 6.72. The maximum Gasteiger partial charge on any atom is 0.195 e. The molecule has 0 amide bonds. The SMILES string of the molecule is Cc1sccc1C(=O)C1(O)CCC(C)CC1. The van der Waals surface area contributed by atoms with E-state index in [9.17, 15) is 9.90 Å². The lowest BCUT2D eigenvalue weighted by molar-refractivity contribution is 0.00425. The molecule has 1 saturated carbocycles. The van der Waals surface area contributed by atoms with Crippen LogP contribution in [0.25, 0.3) is 0 Å². The van der Waals surface area contributed by atoms with E-state index in [0.717, 1.165) is 17.7 Å². The van der Waals surface area contributed by atoms with Gasteiger partial charge in [0.15, 0.2) is 5.78 Å². The highest BCUT2D eigenvalue weighted by Gasteiger charge is 2.39. The molecule has 0 aromatic carbocycles. The van der Waals surface area contributed by atoms with Crippen LogP contribution in [0.5, 0.6) is 0 Å². The molecule has 0 atom stereocenters. The van der Waals surface area contributed by atoms with Gasteiger partial charge >= 0.3 is 0 Å². The van der Waals surface area contributed by atoms with Crippen molar-refractivity contribution in [2.75, 3.05) is 0 Å². The maximum absolute atomic E-state index is 12.3. The topological polar surface area (TPSA) is 37.3 Å². The lowest BCUT2D eigenvalue weighted by Crippen LogP contribution is -2.42. The van der Waals surface area contributed by atoms with E-state index >= 15 is 0 Å². The molecule has 1 aromatic rings. The Morgan fingerprint density at radius 1 is 1.50 bits per heavy atom. The smallest absolute Gasteiger partial charge is 0.195 e. The Morgan fingerprint density at radius 3 is 2.62 bits per heavy atom. The summed E-state index contributed by atoms with van der Waals surface area (Å²) >= 11 is 1.56. The van der Waals surface area contributed by atoms with Gasteiger partial charge in [-0.1, -0.05) is 6.92 Å². The second-order valence-electron chi connectivity index (χ2n) is 4.93. The molecule has 0 aliphatic heterocycles. The number of ketones is 1. The Labute approximate surface area is 100 Å². The van der Waals surface area contributed by atoms with Crippen molar-refractivity contribution in [1.29, 1.82) is 0 Å². The molecule has 0 bridgehead atoms. The predicted octanol–water partition coefficient (Wildman–Crippen LogP) is 3.18. The summed E-state index contributed by atoms with van der Waals surface area (Å²) in [6.07, 6.45) is 3.13. The molecular formula is C13H18O2S. The number of aryl methyl sites for hydroxylation is 1. The first-order chi connectivity index (χ1) is 7.53. The van der Waals surface area contributed by atoms with E-state index in [1.165, 1.54) is 0 Å². The minimum atomic E-state index is -1.10. The van der Waals surface area contributed by atoms with Gasteiger partial charge in [-0.05, 0) is 50.0 Å². The number of carbonyl (C=O) groups is 1. The first kappa shape index (κ1) is 11.8. The third kappa shape index (κ3) is 2.06. The van der Waals surface area contributed by atoms with Gasteiger partial charge in [0.1, 0.15) is 5.60 Å². The van der Waals surface area contributed by atoms with Crippen molar-refractivity contribution in [2.24, 2.45) is 5.92 Å². The van der Waals surface area contributed by atoms with Crippen LogP contribution in [0.15, 0.2) is 11.4 Å². The van der Waals surface area contributed by atoms with Gasteiger partial charge in [-0.15, -0.1) is 11.3 Å². The van der Waals surface area contributed by atoms with Crippen molar-refractivity contribution in [3.63, 3.8) is 0 Å². The molecule has 1 N–H and O–H groups in total. The van der Waals surface area contributed by atoms with Crippen molar-refractivity contribution < 1.29 is 9.90 Å². The number of aliphatic hydroxyl groups is 1. The zero-order valence-corrected chi connectivity index (χ0v) is 10.6. The van der Waals surface area contributed by atoms with E-state index in [-0.39, 0.29) is 5.78 Å². The fourth-order valence-corrected chi connectivity index (χ4v) is 3.03. The molecule has 2 rings (SSSR count). The summed E-state index contributed by atoms with van der Waals surface area (Å²) in [6, 6.07) is 1.83. The fourth-order valence-electron chi connectivity index (χ4n) is 2.34. The van der Waals surface area contributed by atoms with E-state index in [0.29, 0.717) is 24.3 Å². The third-order valence-electron chi connectivity index (χ3n) is 3.63. The largest absolute Gasteiger partial charge is 0.382 e. The minimum absolute atomic E-state index is 0.0712. The summed E-state index contributed by atoms with van der Waals surface area (Å²) in [6.45, 7) is 4.12. The van der Waals surface area contributed by atoms with Gasteiger partial charge in [0.05, 0.1) is 0 Å². The van der Waals surface area contributed by atoms with Crippen molar-refractivity contribution in [3.8, 4) is 0 Å². The van der Waals surface area contributed by atoms with Gasteiger partial charge < -0.3 is 5.11 Å². The lowest BCUT2D eigenvalue weighted by atomic mass is 9.76. The minimum Gasteiger partial charge on any atom is -0.382 e. The lowest BCUT2D eigenvalue weighted by Gasteiger charge is -2.33. The Balaban J connectivity index is 2.19. The molecule has 88 valence electrons. The van der Waals surface area contributed by atoms with Crippen molar-refractivity contribution in [2.45, 2.75) is 45.1 Å². The van der Waals surface area contributed by atoms with Crippen LogP contribution in [0, 0.1) is 12.8 Å². The monoisotopic (exact) mass is 238 g/mol. The Bertz CT molecular complexity index is 386. The van der Waals surface area contributed by atoms with Gasteiger partial charge in [0.2, 0.25) is 0 Å². The van der Waals surface area contributed by atoms with Gasteiger partial charge in [0, 0.05) is 10.4 Å². The summed E-state index contributed by atoms with van der Waals surface area (Å²) in [5.74, 6) is 0.565. The highest BCUT2D eigenvalue weighted by Crippen LogP contribution is 2.35. The molecule has 1 aromatic heterocycles. The van der Waals surface area contributed by atoms with Crippen molar-refractivity contribution >= 4 is 17.1 Å². The Hall–Kier alpha value is -0.670. The molecule has 1 heterocycles. The zero-order valence-electron chi connectivity index (χ0n) is 9.82. The molecule has 0 radical (unpaired) electrons. The second-order valence-corrected chi connectivity index (χ2v) is 6.05. The second kappa shape index (κ2) is 4.30. The summed E-state index contributed by atoms with van der Waals surface area (Å²) < 4.78 is 0. The van der Waals surface area contributed by atoms with E-state index in [1.807, 2.05) is 18.4 Å². The van der Waals surface area contributed by atoms with Crippen LogP contribution in [0.1, 0.15) is 47.8 Å². The fraction of sp³-hybridized carbons (Fsp3) is 0.615. The summed E-state index contributed by atoms with van der Waals surface area (Å²) in [5.41, 5.74) is -0.389. The molecule has 16 heavy (non-hydrogen) atoms. The maximum atomic E-state index is 12.3. The quantitative estimate of drug-likeness (QED) is 0.803. The summed E-state index contributed by atoms with van der Waals surface area (Å²) in [7, 11) is 0. The van der Waals surface area contributed by atoms with Crippen LogP contribution in [0.3, 0.4) is 0 Å². The van der Waals surface area contributed by atoms with E-state index < -0.39 is 5.60 Å². The van der Waals surface area contributed by atoms with Crippen LogP contribution in [0.4, 0.5) is 0 Å². The Kier molecular flexibility index (Phi) is 3.17. The molecule has 0 saturated heterocycles. The average molecular weight is 238 g/mol. The van der Waals surface area contributed by atoms with E-state index in [2.05, 4.69) is 6.92 Å². The molecule has 3 heteroatoms. The third-order valence-corrected chi connectivity index (χ3v) is 4.47. The summed E-state index contributed by atoms with van der Waals surface area (Å²) in [5, 5.41) is 12.3. The number of hydrogen-bond acceptors (Lipinski definition) is 3. The number of carbonyl (C=O) groups excluding carboxylic acids is 1. The van der Waals surface area contributed by atoms with Gasteiger partial charge in [-0.3, -0.25) is 4.79 Å². The molecule has 2 nitrogen and oxygen atoms in total. The van der Waals surface area contributed by atoms with Gasteiger partial charge in [0.25, 0.3) is 0 Å². The van der Waals surface area contributed by atoms with Crippen LogP contribution in [-0.2, 0) is 0 Å². The van der Waals surface area contributed by atoms with Crippen LogP contribution >= 0.6 is 11.3 Å². The average Bonchev–Trinajstić information content (AvgIpc) is 2.68. The molecule has 1 fully saturated rings. The zero-order chi connectivity index (χ0) is 11.8. The highest BCUT2D eigenvalue weighted by atomic mass is 32.1. The normalized spacial score (nSPS) is 30.3. The Morgan fingerprint density at radius 2 is 2.12 bits per heavy atom. The standard InChI is InChI=1S/C13H18O2S/c1-9-3-6-13(15,7-4-9)12(14)11-5-8-16-10(11)2/h5,8-9,15H,3-4,6-7H2,1-2H3. The summed E-state index contributed by atoms with van der Waals surface area (Å²) in [4.78, 5) is 13.3. The number of Topliss-reactive ketones (excluding diaryl/α,β-unsaturated/α-hetero) is 1.